The molecule has 0 aromatic carbocycles. The van der Waals surface area contributed by atoms with Gasteiger partial charge in [0, 0.05) is 19.5 Å². The zero-order chi connectivity index (χ0) is 12.3. The van der Waals surface area contributed by atoms with E-state index in [1.165, 1.54) is 24.3 Å². The van der Waals surface area contributed by atoms with Crippen LogP contribution in [0, 0.1) is 11.5 Å². The third-order valence-electron chi connectivity index (χ3n) is 3.21. The lowest BCUT2D eigenvalue weighted by Gasteiger charge is -2.28. The van der Waals surface area contributed by atoms with Gasteiger partial charge in [0.15, 0.2) is 12.0 Å². The summed E-state index contributed by atoms with van der Waals surface area (Å²) in [6.07, 6.45) is 4.39. The van der Waals surface area contributed by atoms with Gasteiger partial charge in [0.1, 0.15) is 0 Å². The summed E-state index contributed by atoms with van der Waals surface area (Å²) in [5, 5.41) is 17.1. The Morgan fingerprint density at radius 2 is 2.29 bits per heavy atom. The summed E-state index contributed by atoms with van der Waals surface area (Å²) in [5.74, 6) is 1.07. The molecule has 0 saturated carbocycles. The van der Waals surface area contributed by atoms with Crippen molar-refractivity contribution in [2.24, 2.45) is 0 Å². The highest BCUT2D eigenvalue weighted by molar-refractivity contribution is 5.41. The summed E-state index contributed by atoms with van der Waals surface area (Å²) >= 11 is 0. The molecule has 2 rings (SSSR count). The Bertz CT molecular complexity index is 408. The van der Waals surface area contributed by atoms with Crippen molar-refractivity contribution in [3.05, 3.63) is 17.8 Å². The topological polar surface area (TPSA) is 56.0 Å². The van der Waals surface area contributed by atoms with Gasteiger partial charge < -0.3 is 4.90 Å². The number of rotatable bonds is 2. The summed E-state index contributed by atoms with van der Waals surface area (Å²) in [4.78, 5) is 3.73. The van der Waals surface area contributed by atoms with Crippen molar-refractivity contribution in [2.75, 3.05) is 32.1 Å². The van der Waals surface area contributed by atoms with Crippen LogP contribution in [0.4, 0.5) is 5.82 Å². The molecule has 5 heteroatoms. The monoisotopic (exact) mass is 231 g/mol. The van der Waals surface area contributed by atoms with Crippen LogP contribution in [-0.4, -0.2) is 42.3 Å². The minimum absolute atomic E-state index is 0.475. The van der Waals surface area contributed by atoms with Gasteiger partial charge in [-0.15, -0.1) is 5.10 Å². The van der Waals surface area contributed by atoms with Crippen LogP contribution in [0.25, 0.3) is 0 Å². The van der Waals surface area contributed by atoms with Gasteiger partial charge in [0.2, 0.25) is 0 Å². The quantitative estimate of drug-likeness (QED) is 0.565. The van der Waals surface area contributed by atoms with Crippen molar-refractivity contribution in [2.45, 2.75) is 18.8 Å². The van der Waals surface area contributed by atoms with E-state index in [0.29, 0.717) is 11.7 Å². The number of piperidine rings is 1. The first-order valence-corrected chi connectivity index (χ1v) is 5.86. The van der Waals surface area contributed by atoms with E-state index in [0.717, 1.165) is 12.2 Å². The molecule has 2 heterocycles. The molecule has 17 heavy (non-hydrogen) atoms. The molecule has 1 saturated heterocycles. The number of aromatic nitrogens is 2. The highest BCUT2D eigenvalue weighted by atomic mass is 15.2. The maximum absolute atomic E-state index is 8.74. The average molecular weight is 231 g/mol. The summed E-state index contributed by atoms with van der Waals surface area (Å²) in [7, 11) is 3.81. The van der Waals surface area contributed by atoms with E-state index in [-0.39, 0.29) is 0 Å². The van der Waals surface area contributed by atoms with Gasteiger partial charge >= 0.3 is 0 Å². The Labute approximate surface area is 102 Å². The molecule has 0 amide bonds. The number of nitrogens with zero attached hydrogens (tertiary/aromatic N) is 5. The van der Waals surface area contributed by atoms with E-state index < -0.39 is 0 Å². The van der Waals surface area contributed by atoms with Gasteiger partial charge in [-0.05, 0) is 38.6 Å². The minimum Gasteiger partial charge on any atom is -0.306 e. The van der Waals surface area contributed by atoms with Crippen LogP contribution >= 0.6 is 0 Å². The summed E-state index contributed by atoms with van der Waals surface area (Å²) in [6, 6.07) is 3.85. The molecule has 0 aliphatic carbocycles. The predicted molar refractivity (Wildman–Crippen MR) is 65.5 cm³/mol. The van der Waals surface area contributed by atoms with Crippen molar-refractivity contribution in [3.63, 3.8) is 0 Å². The van der Waals surface area contributed by atoms with E-state index in [4.69, 9.17) is 5.26 Å². The van der Waals surface area contributed by atoms with Crippen LogP contribution in [0.5, 0.6) is 0 Å². The van der Waals surface area contributed by atoms with Crippen molar-refractivity contribution in [1.82, 2.24) is 15.1 Å². The molecule has 1 aliphatic heterocycles. The number of hydrogen-bond donors (Lipinski definition) is 0. The Kier molecular flexibility index (Phi) is 3.55. The van der Waals surface area contributed by atoms with Crippen molar-refractivity contribution >= 4 is 5.82 Å². The van der Waals surface area contributed by atoms with Gasteiger partial charge in [-0.3, -0.25) is 4.90 Å². The maximum atomic E-state index is 8.74. The zero-order valence-electron chi connectivity index (χ0n) is 10.3. The normalized spacial score (nSPS) is 20.9. The van der Waals surface area contributed by atoms with Crippen molar-refractivity contribution < 1.29 is 0 Å². The molecule has 0 radical (unpaired) electrons. The molecular weight excluding hydrogens is 214 g/mol. The fourth-order valence-corrected chi connectivity index (χ4v) is 2.19. The molecule has 0 bridgehead atoms. The molecule has 1 unspecified atom stereocenters. The second-order valence-electron chi connectivity index (χ2n) is 4.58. The van der Waals surface area contributed by atoms with E-state index >= 15 is 0 Å². The number of hydrogen-bond acceptors (Lipinski definition) is 5. The molecule has 5 nitrogen and oxygen atoms in total. The maximum Gasteiger partial charge on any atom is 0.185 e. The van der Waals surface area contributed by atoms with Crippen molar-refractivity contribution in [3.8, 4) is 6.19 Å². The SMILES string of the molecule is CN1CCCC(c2ccc(N(C)C#N)nn2)C1. The zero-order valence-corrected chi connectivity index (χ0v) is 10.3. The Morgan fingerprint density at radius 1 is 1.47 bits per heavy atom. The van der Waals surface area contributed by atoms with Crippen LogP contribution in [0.1, 0.15) is 24.5 Å². The number of likely N-dealkylation sites (N-methyl/N-ethyl adjacent to an activating group) is 1. The van der Waals surface area contributed by atoms with E-state index in [2.05, 4.69) is 22.1 Å². The second-order valence-corrected chi connectivity index (χ2v) is 4.58. The van der Waals surface area contributed by atoms with Gasteiger partial charge in [-0.1, -0.05) is 0 Å². The molecule has 90 valence electrons. The molecular formula is C12H17N5. The minimum atomic E-state index is 0.475. The van der Waals surface area contributed by atoms with Gasteiger partial charge in [0.05, 0.1) is 5.69 Å². The second kappa shape index (κ2) is 5.11. The van der Waals surface area contributed by atoms with Crippen LogP contribution in [0.15, 0.2) is 12.1 Å². The van der Waals surface area contributed by atoms with Crippen LogP contribution in [0.2, 0.25) is 0 Å². The third-order valence-corrected chi connectivity index (χ3v) is 3.21. The van der Waals surface area contributed by atoms with Gasteiger partial charge in [-0.2, -0.15) is 10.4 Å². The lowest BCUT2D eigenvalue weighted by molar-refractivity contribution is 0.248. The molecule has 0 N–H and O–H groups in total. The number of likely N-dealkylation sites (tertiary alicyclic amines) is 1. The highest BCUT2D eigenvalue weighted by Crippen LogP contribution is 2.24. The third kappa shape index (κ3) is 2.71. The fraction of sp³-hybridized carbons (Fsp3) is 0.583. The predicted octanol–water partition coefficient (Wildman–Crippen LogP) is 1.20. The first-order chi connectivity index (χ1) is 8.20. The largest absolute Gasteiger partial charge is 0.306 e. The van der Waals surface area contributed by atoms with E-state index in [1.54, 1.807) is 7.05 Å². The van der Waals surface area contributed by atoms with Gasteiger partial charge in [0.25, 0.3) is 0 Å². The highest BCUT2D eigenvalue weighted by Gasteiger charge is 2.20. The fourth-order valence-electron chi connectivity index (χ4n) is 2.19. The Hall–Kier alpha value is -1.67. The summed E-state index contributed by atoms with van der Waals surface area (Å²) in [6.45, 7) is 2.21. The van der Waals surface area contributed by atoms with E-state index in [1.807, 2.05) is 18.3 Å². The van der Waals surface area contributed by atoms with Crippen LogP contribution in [0.3, 0.4) is 0 Å². The smallest absolute Gasteiger partial charge is 0.185 e. The lowest BCUT2D eigenvalue weighted by Crippen LogP contribution is -2.31. The van der Waals surface area contributed by atoms with Crippen LogP contribution in [-0.2, 0) is 0 Å². The molecule has 0 spiro atoms. The number of anilines is 1. The molecule has 1 aromatic rings. The molecule has 1 fully saturated rings. The first kappa shape index (κ1) is 11.8. The summed E-state index contributed by atoms with van der Waals surface area (Å²) in [5.41, 5.74) is 1.03. The summed E-state index contributed by atoms with van der Waals surface area (Å²) < 4.78 is 0. The average Bonchev–Trinajstić information content (AvgIpc) is 2.38. The lowest BCUT2D eigenvalue weighted by atomic mass is 9.95. The molecule has 1 atom stereocenters. The Morgan fingerprint density at radius 3 is 2.88 bits per heavy atom. The standard InChI is InChI=1S/C12H17N5/c1-16-7-3-4-10(8-16)11-5-6-12(15-14-11)17(2)9-13/h5-6,10H,3-4,7-8H2,1-2H3. The molecule has 1 aliphatic rings. The first-order valence-electron chi connectivity index (χ1n) is 5.86. The number of nitriles is 1. The Balaban J connectivity index is 2.10. The molecule has 1 aromatic heterocycles. The van der Waals surface area contributed by atoms with Gasteiger partial charge in [-0.25, -0.2) is 0 Å². The van der Waals surface area contributed by atoms with Crippen LogP contribution < -0.4 is 4.90 Å². The van der Waals surface area contributed by atoms with E-state index in [9.17, 15) is 0 Å². The van der Waals surface area contributed by atoms with Crippen molar-refractivity contribution in [1.29, 1.82) is 5.26 Å².